The van der Waals surface area contributed by atoms with Gasteiger partial charge in [0.1, 0.15) is 5.00 Å². The molecule has 3 rings (SSSR count). The van der Waals surface area contributed by atoms with Crippen molar-refractivity contribution in [2.75, 3.05) is 12.4 Å². The van der Waals surface area contributed by atoms with Crippen molar-refractivity contribution >= 4 is 44.1 Å². The highest BCUT2D eigenvalue weighted by Gasteiger charge is 2.27. The zero-order valence-electron chi connectivity index (χ0n) is 14.0. The molecule has 1 fully saturated rings. The summed E-state index contributed by atoms with van der Waals surface area (Å²) in [5, 5.41) is 5.45. The van der Waals surface area contributed by atoms with Gasteiger partial charge in [-0.15, -0.1) is 11.3 Å². The van der Waals surface area contributed by atoms with E-state index in [1.54, 1.807) is 12.1 Å². The Kier molecular flexibility index (Phi) is 5.91. The van der Waals surface area contributed by atoms with Crippen molar-refractivity contribution in [1.29, 1.82) is 0 Å². The van der Waals surface area contributed by atoms with Crippen LogP contribution in [0.25, 0.3) is 0 Å². The number of methoxy groups -OCH3 is 1. The number of carbonyl (C=O) groups is 2. The Labute approximate surface area is 159 Å². The summed E-state index contributed by atoms with van der Waals surface area (Å²) in [4.78, 5) is 24.9. The molecule has 25 heavy (non-hydrogen) atoms. The van der Waals surface area contributed by atoms with Crippen LogP contribution in [0, 0.1) is 0 Å². The first kappa shape index (κ1) is 18.1. The van der Waals surface area contributed by atoms with Gasteiger partial charge in [0.05, 0.1) is 12.7 Å². The third-order valence-electron chi connectivity index (χ3n) is 4.59. The fourth-order valence-corrected chi connectivity index (χ4v) is 4.56. The summed E-state index contributed by atoms with van der Waals surface area (Å²) in [6.07, 6.45) is 5.78. The molecule has 0 bridgehead atoms. The van der Waals surface area contributed by atoms with Gasteiger partial charge in [0.2, 0.25) is 0 Å². The van der Waals surface area contributed by atoms with E-state index in [9.17, 15) is 9.59 Å². The highest BCUT2D eigenvalue weighted by atomic mass is 79.9. The summed E-state index contributed by atoms with van der Waals surface area (Å²) in [5.74, 6) is -0.236. The van der Waals surface area contributed by atoms with Gasteiger partial charge in [0.25, 0.3) is 5.91 Å². The van der Waals surface area contributed by atoms with E-state index in [1.165, 1.54) is 37.7 Å². The smallest absolute Gasteiger partial charge is 0.341 e. The molecule has 0 radical (unpaired) electrons. The number of carbonyl (C=O) groups excluding carboxylic acids is 2. The van der Waals surface area contributed by atoms with Crippen LogP contribution in [0.15, 0.2) is 34.1 Å². The van der Waals surface area contributed by atoms with Crippen LogP contribution in [-0.2, 0) is 4.74 Å². The van der Waals surface area contributed by atoms with Gasteiger partial charge in [0, 0.05) is 10.0 Å². The first-order valence-electron chi connectivity index (χ1n) is 8.36. The van der Waals surface area contributed by atoms with Gasteiger partial charge in [-0.3, -0.25) is 4.79 Å². The van der Waals surface area contributed by atoms with Gasteiger partial charge in [-0.25, -0.2) is 4.79 Å². The third kappa shape index (κ3) is 4.12. The lowest BCUT2D eigenvalue weighted by Crippen LogP contribution is -2.16. The number of thiophene rings is 1. The Morgan fingerprint density at radius 2 is 1.84 bits per heavy atom. The van der Waals surface area contributed by atoms with E-state index in [2.05, 4.69) is 21.2 Å². The van der Waals surface area contributed by atoms with Crippen molar-refractivity contribution in [3.8, 4) is 0 Å². The fraction of sp³-hybridized carbons (Fsp3) is 0.368. The monoisotopic (exact) mass is 421 g/mol. The molecule has 1 heterocycles. The Bertz CT molecular complexity index is 763. The van der Waals surface area contributed by atoms with Gasteiger partial charge in [-0.05, 0) is 54.0 Å². The molecule has 0 aliphatic heterocycles. The zero-order chi connectivity index (χ0) is 17.8. The standard InChI is InChI=1S/C19H20BrNO3S/c1-24-19(23)16-15(12-5-3-2-4-6-12)11-25-18(16)21-17(22)13-7-9-14(20)10-8-13/h7-12H,2-6H2,1H3,(H,21,22). The Hall–Kier alpha value is -1.66. The largest absolute Gasteiger partial charge is 0.465 e. The number of amides is 1. The number of hydrogen-bond donors (Lipinski definition) is 1. The van der Waals surface area contributed by atoms with Crippen molar-refractivity contribution in [1.82, 2.24) is 0 Å². The van der Waals surface area contributed by atoms with Crippen molar-refractivity contribution in [2.24, 2.45) is 0 Å². The van der Waals surface area contributed by atoms with E-state index in [4.69, 9.17) is 4.74 Å². The normalized spacial score (nSPS) is 15.0. The molecule has 0 saturated heterocycles. The van der Waals surface area contributed by atoms with E-state index in [1.807, 2.05) is 17.5 Å². The maximum absolute atomic E-state index is 12.5. The van der Waals surface area contributed by atoms with Gasteiger partial charge in [-0.1, -0.05) is 35.2 Å². The second-order valence-corrected chi connectivity index (χ2v) is 7.98. The van der Waals surface area contributed by atoms with E-state index in [-0.39, 0.29) is 11.9 Å². The molecule has 1 aromatic heterocycles. The topological polar surface area (TPSA) is 55.4 Å². The van der Waals surface area contributed by atoms with Gasteiger partial charge in [-0.2, -0.15) is 0 Å². The molecular formula is C19H20BrNO3S. The second-order valence-electron chi connectivity index (χ2n) is 6.18. The molecule has 1 N–H and O–H groups in total. The molecule has 1 saturated carbocycles. The molecule has 4 nitrogen and oxygen atoms in total. The number of rotatable bonds is 4. The van der Waals surface area contributed by atoms with Crippen molar-refractivity contribution in [2.45, 2.75) is 38.0 Å². The van der Waals surface area contributed by atoms with Gasteiger partial charge in [0.15, 0.2) is 0 Å². The fourth-order valence-electron chi connectivity index (χ4n) is 3.27. The summed E-state index contributed by atoms with van der Waals surface area (Å²) in [7, 11) is 1.38. The number of esters is 1. The van der Waals surface area contributed by atoms with Crippen LogP contribution in [0.5, 0.6) is 0 Å². The van der Waals surface area contributed by atoms with Crippen LogP contribution in [-0.4, -0.2) is 19.0 Å². The van der Waals surface area contributed by atoms with Crippen molar-refractivity contribution < 1.29 is 14.3 Å². The second kappa shape index (κ2) is 8.15. The lowest BCUT2D eigenvalue weighted by atomic mass is 9.83. The molecule has 0 spiro atoms. The van der Waals surface area contributed by atoms with Crippen LogP contribution < -0.4 is 5.32 Å². The molecule has 0 unspecified atom stereocenters. The number of halogens is 1. The molecule has 0 atom stereocenters. The summed E-state index contributed by atoms with van der Waals surface area (Å²) in [5.41, 5.74) is 2.08. The molecule has 1 aliphatic carbocycles. The van der Waals surface area contributed by atoms with Crippen LogP contribution in [0.2, 0.25) is 0 Å². The molecule has 2 aromatic rings. The maximum atomic E-state index is 12.5. The lowest BCUT2D eigenvalue weighted by Gasteiger charge is -2.22. The molecular weight excluding hydrogens is 402 g/mol. The van der Waals surface area contributed by atoms with E-state index < -0.39 is 0 Å². The van der Waals surface area contributed by atoms with Crippen LogP contribution in [0.1, 0.15) is 64.3 Å². The average Bonchev–Trinajstić information content (AvgIpc) is 3.05. The number of ether oxygens (including phenoxy) is 1. The number of hydrogen-bond acceptors (Lipinski definition) is 4. The van der Waals surface area contributed by atoms with Crippen LogP contribution >= 0.6 is 27.3 Å². The molecule has 1 aliphatic rings. The summed E-state index contributed by atoms with van der Waals surface area (Å²) >= 11 is 4.76. The third-order valence-corrected chi connectivity index (χ3v) is 6.03. The maximum Gasteiger partial charge on any atom is 0.341 e. The quantitative estimate of drug-likeness (QED) is 0.653. The minimum Gasteiger partial charge on any atom is -0.465 e. The molecule has 6 heteroatoms. The molecule has 1 aromatic carbocycles. The zero-order valence-corrected chi connectivity index (χ0v) is 16.4. The SMILES string of the molecule is COC(=O)c1c(C2CCCCC2)csc1NC(=O)c1ccc(Br)cc1. The summed E-state index contributed by atoms with van der Waals surface area (Å²) in [6, 6.07) is 7.12. The van der Waals surface area contributed by atoms with Crippen LogP contribution in [0.3, 0.4) is 0 Å². The first-order chi connectivity index (χ1) is 12.1. The minimum absolute atomic E-state index is 0.227. The Morgan fingerprint density at radius 3 is 2.48 bits per heavy atom. The van der Waals surface area contributed by atoms with Crippen molar-refractivity contribution in [3.63, 3.8) is 0 Å². The van der Waals surface area contributed by atoms with E-state index in [0.717, 1.165) is 22.9 Å². The number of anilines is 1. The molecule has 1 amide bonds. The molecule has 132 valence electrons. The minimum atomic E-state index is -0.382. The van der Waals surface area contributed by atoms with Gasteiger partial charge >= 0.3 is 5.97 Å². The first-order valence-corrected chi connectivity index (χ1v) is 10.0. The Balaban J connectivity index is 1.87. The Morgan fingerprint density at radius 1 is 1.16 bits per heavy atom. The predicted octanol–water partition coefficient (Wildman–Crippen LogP) is 5.60. The van der Waals surface area contributed by atoms with Gasteiger partial charge < -0.3 is 10.1 Å². The summed E-state index contributed by atoms with van der Waals surface area (Å²) < 4.78 is 5.89. The highest BCUT2D eigenvalue weighted by Crippen LogP contribution is 2.40. The summed E-state index contributed by atoms with van der Waals surface area (Å²) in [6.45, 7) is 0. The van der Waals surface area contributed by atoms with Crippen LogP contribution in [0.4, 0.5) is 5.00 Å². The number of benzene rings is 1. The lowest BCUT2D eigenvalue weighted by molar-refractivity contribution is 0.0600. The number of nitrogens with one attached hydrogen (secondary N) is 1. The van der Waals surface area contributed by atoms with Crippen molar-refractivity contribution in [3.05, 3.63) is 50.8 Å². The van der Waals surface area contributed by atoms with E-state index in [0.29, 0.717) is 22.0 Å². The highest BCUT2D eigenvalue weighted by molar-refractivity contribution is 9.10. The average molecular weight is 422 g/mol. The van der Waals surface area contributed by atoms with E-state index >= 15 is 0 Å². The predicted molar refractivity (Wildman–Crippen MR) is 104 cm³/mol.